The van der Waals surface area contributed by atoms with Gasteiger partial charge < -0.3 is 9.53 Å². The second kappa shape index (κ2) is 2.59. The van der Waals surface area contributed by atoms with Gasteiger partial charge in [0.1, 0.15) is 24.5 Å². The lowest BCUT2D eigenvalue weighted by Crippen LogP contribution is -2.00. The first-order valence-corrected chi connectivity index (χ1v) is 3.69. The highest BCUT2D eigenvalue weighted by atomic mass is 19.1. The van der Waals surface area contributed by atoms with Crippen molar-refractivity contribution in [3.05, 3.63) is 29.6 Å². The molecule has 0 saturated carbocycles. The van der Waals surface area contributed by atoms with Gasteiger partial charge in [0.25, 0.3) is 0 Å². The van der Waals surface area contributed by atoms with Crippen molar-refractivity contribution in [3.63, 3.8) is 0 Å². The van der Waals surface area contributed by atoms with Crippen LogP contribution in [0.2, 0.25) is 0 Å². The Morgan fingerprint density at radius 1 is 1.58 bits per heavy atom. The van der Waals surface area contributed by atoms with Crippen LogP contribution in [0.5, 0.6) is 5.75 Å². The van der Waals surface area contributed by atoms with E-state index in [0.717, 1.165) is 6.29 Å². The molecule has 2 rings (SSSR count). The molecule has 0 bridgehead atoms. The second-order valence-corrected chi connectivity index (χ2v) is 2.74. The normalized spacial score (nSPS) is 19.9. The Balaban J connectivity index is 2.49. The van der Waals surface area contributed by atoms with Crippen molar-refractivity contribution < 1.29 is 13.9 Å². The highest BCUT2D eigenvalue weighted by Crippen LogP contribution is 2.32. The number of rotatable bonds is 1. The van der Waals surface area contributed by atoms with Gasteiger partial charge in [-0.3, -0.25) is 0 Å². The molecule has 62 valence electrons. The number of aldehydes is 1. The molecule has 2 nitrogen and oxygen atoms in total. The van der Waals surface area contributed by atoms with Gasteiger partial charge in [0, 0.05) is 5.56 Å². The lowest BCUT2D eigenvalue weighted by atomic mass is 10.0. The molecule has 0 aromatic heterocycles. The minimum absolute atomic E-state index is 0.296. The topological polar surface area (TPSA) is 26.3 Å². The summed E-state index contributed by atoms with van der Waals surface area (Å²) in [6, 6.07) is 4.22. The molecule has 0 saturated heterocycles. The van der Waals surface area contributed by atoms with Gasteiger partial charge in [0.15, 0.2) is 0 Å². The van der Waals surface area contributed by atoms with Crippen LogP contribution in [0.25, 0.3) is 0 Å². The van der Waals surface area contributed by atoms with E-state index < -0.39 is 0 Å². The molecule has 1 heterocycles. The summed E-state index contributed by atoms with van der Waals surface area (Å²) in [7, 11) is 0. The summed E-state index contributed by atoms with van der Waals surface area (Å²) < 4.78 is 17.9. The molecule has 1 unspecified atom stereocenters. The van der Waals surface area contributed by atoms with Crippen LogP contribution in [0.3, 0.4) is 0 Å². The van der Waals surface area contributed by atoms with E-state index in [2.05, 4.69) is 0 Å². The molecular formula is C9H7FO2. The number of halogens is 1. The number of carbonyl (C=O) groups is 1. The first-order chi connectivity index (χ1) is 5.81. The van der Waals surface area contributed by atoms with E-state index in [-0.39, 0.29) is 11.7 Å². The standard InChI is InChI=1S/C9H7FO2/c10-7-1-2-9-8(3-7)6(4-11)5-12-9/h1-4,6H,5H2. The Hall–Kier alpha value is -1.38. The van der Waals surface area contributed by atoms with Crippen molar-refractivity contribution in [3.8, 4) is 5.75 Å². The van der Waals surface area contributed by atoms with E-state index in [1.165, 1.54) is 12.1 Å². The van der Waals surface area contributed by atoms with Gasteiger partial charge in [-0.05, 0) is 18.2 Å². The number of hydrogen-bond donors (Lipinski definition) is 0. The Morgan fingerprint density at radius 3 is 3.17 bits per heavy atom. The number of benzene rings is 1. The molecule has 0 N–H and O–H groups in total. The van der Waals surface area contributed by atoms with Crippen molar-refractivity contribution in [1.82, 2.24) is 0 Å². The number of hydrogen-bond acceptors (Lipinski definition) is 2. The van der Waals surface area contributed by atoms with Gasteiger partial charge >= 0.3 is 0 Å². The van der Waals surface area contributed by atoms with Gasteiger partial charge in [-0.25, -0.2) is 4.39 Å². The lowest BCUT2D eigenvalue weighted by Gasteiger charge is -1.97. The van der Waals surface area contributed by atoms with Crippen LogP contribution in [-0.2, 0) is 4.79 Å². The third-order valence-electron chi connectivity index (χ3n) is 1.95. The Morgan fingerprint density at radius 2 is 2.42 bits per heavy atom. The zero-order chi connectivity index (χ0) is 8.55. The van der Waals surface area contributed by atoms with Crippen LogP contribution in [0.1, 0.15) is 11.5 Å². The maximum Gasteiger partial charge on any atom is 0.131 e. The molecule has 0 fully saturated rings. The van der Waals surface area contributed by atoms with Gasteiger partial charge in [-0.2, -0.15) is 0 Å². The molecule has 0 aliphatic carbocycles. The molecule has 1 atom stereocenters. The third kappa shape index (κ3) is 0.978. The second-order valence-electron chi connectivity index (χ2n) is 2.74. The fraction of sp³-hybridized carbons (Fsp3) is 0.222. The maximum atomic E-state index is 12.7. The van der Waals surface area contributed by atoms with Gasteiger partial charge in [0.05, 0.1) is 5.92 Å². The summed E-state index contributed by atoms with van der Waals surface area (Å²) >= 11 is 0. The first-order valence-electron chi connectivity index (χ1n) is 3.69. The van der Waals surface area contributed by atoms with E-state index in [9.17, 15) is 9.18 Å². The van der Waals surface area contributed by atoms with Crippen LogP contribution in [0, 0.1) is 5.82 Å². The predicted octanol–water partition coefficient (Wildman–Crippen LogP) is 1.50. The summed E-state index contributed by atoms with van der Waals surface area (Å²) in [5.41, 5.74) is 0.657. The fourth-order valence-electron chi connectivity index (χ4n) is 1.32. The maximum absolute atomic E-state index is 12.7. The van der Waals surface area contributed by atoms with Crippen molar-refractivity contribution in [1.29, 1.82) is 0 Å². The Labute approximate surface area is 69.0 Å². The van der Waals surface area contributed by atoms with E-state index in [0.29, 0.717) is 17.9 Å². The third-order valence-corrected chi connectivity index (χ3v) is 1.95. The molecule has 12 heavy (non-hydrogen) atoms. The van der Waals surface area contributed by atoms with Crippen LogP contribution >= 0.6 is 0 Å². The van der Waals surface area contributed by atoms with E-state index >= 15 is 0 Å². The molecule has 1 aliphatic heterocycles. The average molecular weight is 166 g/mol. The van der Waals surface area contributed by atoms with Crippen molar-refractivity contribution >= 4 is 6.29 Å². The number of ether oxygens (including phenoxy) is 1. The summed E-state index contributed by atoms with van der Waals surface area (Å²) in [6.45, 7) is 0.336. The highest BCUT2D eigenvalue weighted by Gasteiger charge is 2.23. The molecule has 1 aromatic rings. The largest absolute Gasteiger partial charge is 0.492 e. The molecule has 1 aromatic carbocycles. The molecule has 3 heteroatoms. The zero-order valence-corrected chi connectivity index (χ0v) is 6.29. The van der Waals surface area contributed by atoms with Gasteiger partial charge in [-0.15, -0.1) is 0 Å². The average Bonchev–Trinajstić information content (AvgIpc) is 2.46. The first kappa shape index (κ1) is 7.28. The molecular weight excluding hydrogens is 159 g/mol. The van der Waals surface area contributed by atoms with E-state index in [4.69, 9.17) is 4.74 Å². The Kier molecular flexibility index (Phi) is 1.57. The molecule has 0 radical (unpaired) electrons. The van der Waals surface area contributed by atoms with Crippen molar-refractivity contribution in [2.45, 2.75) is 5.92 Å². The molecule has 1 aliphatic rings. The summed E-state index contributed by atoms with van der Waals surface area (Å²) in [6.07, 6.45) is 0.783. The Bertz CT molecular complexity index is 322. The minimum Gasteiger partial charge on any atom is -0.492 e. The summed E-state index contributed by atoms with van der Waals surface area (Å²) in [5, 5.41) is 0. The van der Waals surface area contributed by atoms with E-state index in [1.807, 2.05) is 0 Å². The van der Waals surface area contributed by atoms with Gasteiger partial charge in [0.2, 0.25) is 0 Å². The van der Waals surface area contributed by atoms with Crippen molar-refractivity contribution in [2.24, 2.45) is 0 Å². The van der Waals surface area contributed by atoms with E-state index in [1.54, 1.807) is 6.07 Å². The van der Waals surface area contributed by atoms with Crippen molar-refractivity contribution in [2.75, 3.05) is 6.61 Å². The lowest BCUT2D eigenvalue weighted by molar-refractivity contribution is -0.109. The number of carbonyl (C=O) groups excluding carboxylic acids is 1. The number of fused-ring (bicyclic) bond motifs is 1. The monoisotopic (exact) mass is 166 g/mol. The predicted molar refractivity (Wildman–Crippen MR) is 40.7 cm³/mol. The SMILES string of the molecule is O=CC1COc2ccc(F)cc21. The van der Waals surface area contributed by atoms with Crippen LogP contribution in [0.15, 0.2) is 18.2 Å². The van der Waals surface area contributed by atoms with Crippen LogP contribution in [-0.4, -0.2) is 12.9 Å². The zero-order valence-electron chi connectivity index (χ0n) is 6.29. The van der Waals surface area contributed by atoms with Crippen LogP contribution in [0.4, 0.5) is 4.39 Å². The summed E-state index contributed by atoms with van der Waals surface area (Å²) in [4.78, 5) is 10.5. The molecule has 0 amide bonds. The molecule has 0 spiro atoms. The quantitative estimate of drug-likeness (QED) is 0.591. The van der Waals surface area contributed by atoms with Crippen LogP contribution < -0.4 is 4.74 Å². The smallest absolute Gasteiger partial charge is 0.131 e. The van der Waals surface area contributed by atoms with Gasteiger partial charge in [-0.1, -0.05) is 0 Å². The summed E-state index contributed by atoms with van der Waals surface area (Å²) in [5.74, 6) is -0.00435. The fourth-order valence-corrected chi connectivity index (χ4v) is 1.32. The highest BCUT2D eigenvalue weighted by molar-refractivity contribution is 5.66. The minimum atomic E-state index is -0.328.